The van der Waals surface area contributed by atoms with E-state index in [1.165, 1.54) is 18.4 Å². The number of thiocarbonyl (C=S) groups is 1. The van der Waals surface area contributed by atoms with Crippen molar-refractivity contribution >= 4 is 22.9 Å². The summed E-state index contributed by atoms with van der Waals surface area (Å²) in [5.74, 6) is 0. The fraction of sp³-hybridized carbons (Fsp3) is 0.167. The SMILES string of the molecule is NC(=S)c1cc(NCc2ccon2)ccc1C(F)(F)F. The summed E-state index contributed by atoms with van der Waals surface area (Å²) >= 11 is 4.66. The van der Waals surface area contributed by atoms with Crippen LogP contribution >= 0.6 is 12.2 Å². The van der Waals surface area contributed by atoms with Crippen LogP contribution in [0.25, 0.3) is 0 Å². The third kappa shape index (κ3) is 3.27. The highest BCUT2D eigenvalue weighted by molar-refractivity contribution is 7.80. The van der Waals surface area contributed by atoms with Gasteiger partial charge in [0.2, 0.25) is 0 Å². The van der Waals surface area contributed by atoms with Crippen molar-refractivity contribution in [3.8, 4) is 0 Å². The van der Waals surface area contributed by atoms with Crippen LogP contribution in [0.2, 0.25) is 0 Å². The highest BCUT2D eigenvalue weighted by atomic mass is 32.1. The van der Waals surface area contributed by atoms with Crippen LogP contribution in [0.1, 0.15) is 16.8 Å². The van der Waals surface area contributed by atoms with Crippen molar-refractivity contribution in [3.63, 3.8) is 0 Å². The van der Waals surface area contributed by atoms with Gasteiger partial charge in [-0.3, -0.25) is 0 Å². The van der Waals surface area contributed by atoms with Gasteiger partial charge in [-0.05, 0) is 18.2 Å². The number of hydrogen-bond acceptors (Lipinski definition) is 4. The highest BCUT2D eigenvalue weighted by Gasteiger charge is 2.34. The van der Waals surface area contributed by atoms with Crippen LogP contribution in [0.4, 0.5) is 18.9 Å². The second-order valence-corrected chi connectivity index (χ2v) is 4.41. The molecule has 1 aromatic carbocycles. The van der Waals surface area contributed by atoms with Crippen LogP contribution in [0, 0.1) is 0 Å². The fourth-order valence-corrected chi connectivity index (χ4v) is 1.80. The number of benzene rings is 1. The summed E-state index contributed by atoms with van der Waals surface area (Å²) < 4.78 is 43.0. The quantitative estimate of drug-likeness (QED) is 0.850. The maximum Gasteiger partial charge on any atom is 0.417 e. The molecule has 20 heavy (non-hydrogen) atoms. The van der Waals surface area contributed by atoms with E-state index in [2.05, 4.69) is 27.2 Å². The smallest absolute Gasteiger partial charge is 0.389 e. The molecule has 1 aromatic heterocycles. The molecule has 0 aliphatic rings. The molecule has 1 heterocycles. The lowest BCUT2D eigenvalue weighted by molar-refractivity contribution is -0.137. The summed E-state index contributed by atoms with van der Waals surface area (Å²) in [6, 6.07) is 5.17. The predicted octanol–water partition coefficient (Wildman–Crippen LogP) is 2.94. The molecule has 8 heteroatoms. The molecule has 106 valence electrons. The van der Waals surface area contributed by atoms with Crippen LogP contribution in [-0.2, 0) is 12.7 Å². The third-order valence-corrected chi connectivity index (χ3v) is 2.78. The van der Waals surface area contributed by atoms with E-state index in [0.717, 1.165) is 6.07 Å². The number of hydrogen-bond donors (Lipinski definition) is 2. The Balaban J connectivity index is 2.24. The standard InChI is InChI=1S/C12H10F3N3OS/c13-12(14,15)10-2-1-7(5-9(10)11(16)20)17-6-8-3-4-19-18-8/h1-5,17H,6H2,(H2,16,20). The molecule has 4 nitrogen and oxygen atoms in total. The van der Waals surface area contributed by atoms with Crippen molar-refractivity contribution < 1.29 is 17.7 Å². The number of aromatic nitrogens is 1. The highest BCUT2D eigenvalue weighted by Crippen LogP contribution is 2.33. The zero-order chi connectivity index (χ0) is 14.8. The van der Waals surface area contributed by atoms with Gasteiger partial charge >= 0.3 is 6.18 Å². The van der Waals surface area contributed by atoms with Gasteiger partial charge in [0.05, 0.1) is 12.1 Å². The van der Waals surface area contributed by atoms with Gasteiger partial charge < -0.3 is 15.6 Å². The van der Waals surface area contributed by atoms with E-state index in [4.69, 9.17) is 5.73 Å². The monoisotopic (exact) mass is 301 g/mol. The molecule has 0 aliphatic carbocycles. The van der Waals surface area contributed by atoms with Crippen molar-refractivity contribution in [2.24, 2.45) is 5.73 Å². The second kappa shape index (κ2) is 5.49. The first-order valence-corrected chi connectivity index (χ1v) is 5.93. The van der Waals surface area contributed by atoms with Gasteiger partial charge in [0.1, 0.15) is 16.9 Å². The molecule has 0 aliphatic heterocycles. The summed E-state index contributed by atoms with van der Waals surface area (Å²) in [6.45, 7) is 0.318. The van der Waals surface area contributed by atoms with E-state index in [0.29, 0.717) is 17.9 Å². The average Bonchev–Trinajstić information content (AvgIpc) is 2.88. The number of nitrogens with one attached hydrogen (secondary N) is 1. The van der Waals surface area contributed by atoms with Crippen molar-refractivity contribution in [1.82, 2.24) is 5.16 Å². The first-order chi connectivity index (χ1) is 9.38. The van der Waals surface area contributed by atoms with Crippen molar-refractivity contribution in [1.29, 1.82) is 0 Å². The maximum absolute atomic E-state index is 12.8. The Labute approximate surface area is 117 Å². The lowest BCUT2D eigenvalue weighted by atomic mass is 10.1. The van der Waals surface area contributed by atoms with Gasteiger partial charge in [-0.25, -0.2) is 0 Å². The van der Waals surface area contributed by atoms with Crippen molar-refractivity contribution in [2.45, 2.75) is 12.7 Å². The molecule has 0 amide bonds. The Morgan fingerprint density at radius 1 is 1.35 bits per heavy atom. The summed E-state index contributed by atoms with van der Waals surface area (Å²) in [4.78, 5) is -0.303. The van der Waals surface area contributed by atoms with E-state index >= 15 is 0 Å². The van der Waals surface area contributed by atoms with Crippen molar-refractivity contribution in [3.05, 3.63) is 47.3 Å². The molecular formula is C12H10F3N3OS. The minimum atomic E-state index is -4.50. The Morgan fingerprint density at radius 3 is 2.65 bits per heavy atom. The Hall–Kier alpha value is -2.09. The topological polar surface area (TPSA) is 64.1 Å². The molecule has 0 atom stereocenters. The van der Waals surface area contributed by atoms with Crippen molar-refractivity contribution in [2.75, 3.05) is 5.32 Å². The third-order valence-electron chi connectivity index (χ3n) is 2.56. The molecule has 2 aromatic rings. The van der Waals surface area contributed by atoms with Crippen LogP contribution in [0.3, 0.4) is 0 Å². The molecule has 2 rings (SSSR count). The van der Waals surface area contributed by atoms with Crippen LogP contribution in [0.15, 0.2) is 35.1 Å². The van der Waals surface area contributed by atoms with Gasteiger partial charge in [0, 0.05) is 17.3 Å². The van der Waals surface area contributed by atoms with E-state index in [1.54, 1.807) is 6.07 Å². The first kappa shape index (κ1) is 14.3. The average molecular weight is 301 g/mol. The number of nitrogens with two attached hydrogens (primary N) is 1. The molecule has 0 bridgehead atoms. The molecule has 0 saturated heterocycles. The minimum Gasteiger partial charge on any atom is -0.389 e. The van der Waals surface area contributed by atoms with E-state index in [-0.39, 0.29) is 10.6 Å². The van der Waals surface area contributed by atoms with Crippen LogP contribution in [-0.4, -0.2) is 10.1 Å². The molecule has 0 fully saturated rings. The Kier molecular flexibility index (Phi) is 3.93. The Morgan fingerprint density at radius 2 is 2.10 bits per heavy atom. The molecule has 0 saturated carbocycles. The van der Waals surface area contributed by atoms with Gasteiger partial charge in [-0.2, -0.15) is 13.2 Å². The summed E-state index contributed by atoms with van der Waals surface area (Å²) in [7, 11) is 0. The number of nitrogens with zero attached hydrogens (tertiary/aromatic N) is 1. The number of rotatable bonds is 4. The van der Waals surface area contributed by atoms with E-state index < -0.39 is 11.7 Å². The van der Waals surface area contributed by atoms with Gasteiger partial charge in [0.25, 0.3) is 0 Å². The number of alkyl halides is 3. The lowest BCUT2D eigenvalue weighted by Crippen LogP contribution is -2.18. The first-order valence-electron chi connectivity index (χ1n) is 5.52. The minimum absolute atomic E-state index is 0.211. The summed E-state index contributed by atoms with van der Waals surface area (Å²) in [5.41, 5.74) is 5.38. The summed E-state index contributed by atoms with van der Waals surface area (Å²) in [5, 5.41) is 6.59. The number of anilines is 1. The molecule has 0 spiro atoms. The van der Waals surface area contributed by atoms with Gasteiger partial charge in [-0.1, -0.05) is 17.4 Å². The van der Waals surface area contributed by atoms with Crippen LogP contribution < -0.4 is 11.1 Å². The zero-order valence-corrected chi connectivity index (χ0v) is 10.9. The fourth-order valence-electron chi connectivity index (χ4n) is 1.63. The second-order valence-electron chi connectivity index (χ2n) is 3.97. The largest absolute Gasteiger partial charge is 0.417 e. The van der Waals surface area contributed by atoms with E-state index in [1.807, 2.05) is 0 Å². The lowest BCUT2D eigenvalue weighted by Gasteiger charge is -2.14. The summed E-state index contributed by atoms with van der Waals surface area (Å²) in [6.07, 6.45) is -3.09. The number of halogens is 3. The normalized spacial score (nSPS) is 11.3. The zero-order valence-electron chi connectivity index (χ0n) is 10.1. The molecular weight excluding hydrogens is 291 g/mol. The maximum atomic E-state index is 12.8. The van der Waals surface area contributed by atoms with E-state index in [9.17, 15) is 13.2 Å². The van der Waals surface area contributed by atoms with Gasteiger partial charge in [-0.15, -0.1) is 0 Å². The van der Waals surface area contributed by atoms with Gasteiger partial charge in [0.15, 0.2) is 0 Å². The molecule has 0 unspecified atom stereocenters. The molecule has 0 radical (unpaired) electrons. The Bertz CT molecular complexity index is 611. The predicted molar refractivity (Wildman–Crippen MR) is 71.2 cm³/mol. The molecule has 3 N–H and O–H groups in total. The van der Waals surface area contributed by atoms with Crippen LogP contribution in [0.5, 0.6) is 0 Å².